The third-order valence-electron chi connectivity index (χ3n) is 3.79. The molecule has 1 aliphatic rings. The van der Waals surface area contributed by atoms with Gasteiger partial charge in [0.1, 0.15) is 5.75 Å². The first-order valence-electron chi connectivity index (χ1n) is 7.29. The van der Waals surface area contributed by atoms with Gasteiger partial charge in [0.15, 0.2) is 0 Å². The van der Waals surface area contributed by atoms with Crippen LogP contribution in [0.2, 0.25) is 0 Å². The highest BCUT2D eigenvalue weighted by Crippen LogP contribution is 2.10. The Hall–Kier alpha value is -2.43. The summed E-state index contributed by atoms with van der Waals surface area (Å²) in [5.74, 6) is 8.95. The van der Waals surface area contributed by atoms with Crippen LogP contribution in [0.3, 0.4) is 0 Å². The maximum atomic E-state index is 12.1. The van der Waals surface area contributed by atoms with Crippen molar-refractivity contribution in [2.75, 3.05) is 33.3 Å². The van der Waals surface area contributed by atoms with E-state index in [0.29, 0.717) is 13.1 Å². The number of benzene rings is 1. The maximum Gasteiger partial charge on any atom is 0.298 e. The van der Waals surface area contributed by atoms with E-state index in [4.69, 9.17) is 11.2 Å². The van der Waals surface area contributed by atoms with Gasteiger partial charge in [-0.2, -0.15) is 0 Å². The van der Waals surface area contributed by atoms with Crippen molar-refractivity contribution in [3.63, 3.8) is 0 Å². The van der Waals surface area contributed by atoms with Crippen molar-refractivity contribution >= 4 is 5.91 Å². The SMILES string of the molecule is C#CC(C)N1CCN(C(=O)C#Cc2ccc(OC)cc2)CC1. The third kappa shape index (κ3) is 4.04. The largest absolute Gasteiger partial charge is 0.497 e. The van der Waals surface area contributed by atoms with Crippen molar-refractivity contribution in [2.24, 2.45) is 0 Å². The number of ether oxygens (including phenoxy) is 1. The molecule has 1 fully saturated rings. The van der Waals surface area contributed by atoms with Crippen molar-refractivity contribution in [1.29, 1.82) is 0 Å². The highest BCUT2D eigenvalue weighted by Gasteiger charge is 2.22. The topological polar surface area (TPSA) is 32.8 Å². The average molecular weight is 296 g/mol. The first-order chi connectivity index (χ1) is 10.6. The highest BCUT2D eigenvalue weighted by molar-refractivity contribution is 5.94. The predicted molar refractivity (Wildman–Crippen MR) is 86.3 cm³/mol. The van der Waals surface area contributed by atoms with Gasteiger partial charge in [0, 0.05) is 37.7 Å². The van der Waals surface area contributed by atoms with E-state index >= 15 is 0 Å². The number of carbonyl (C=O) groups excluding carboxylic acids is 1. The number of terminal acetylenes is 1. The number of amides is 1. The monoisotopic (exact) mass is 296 g/mol. The number of nitrogens with zero attached hydrogens (tertiary/aromatic N) is 2. The van der Waals surface area contributed by atoms with Crippen LogP contribution in [0.25, 0.3) is 0 Å². The van der Waals surface area contributed by atoms with Gasteiger partial charge in [-0.1, -0.05) is 11.8 Å². The van der Waals surface area contributed by atoms with E-state index in [-0.39, 0.29) is 11.9 Å². The molecule has 4 nitrogen and oxygen atoms in total. The molecule has 1 heterocycles. The standard InChI is InChI=1S/C18H20N2O2/c1-4-15(2)19-11-13-20(14-12-19)18(21)10-7-16-5-8-17(22-3)9-6-16/h1,5-6,8-9,15H,11-14H2,2-3H3. The van der Waals surface area contributed by atoms with E-state index in [0.717, 1.165) is 24.4 Å². The lowest BCUT2D eigenvalue weighted by atomic mass is 10.2. The summed E-state index contributed by atoms with van der Waals surface area (Å²) in [6, 6.07) is 7.45. The molecule has 0 radical (unpaired) electrons. The van der Waals surface area contributed by atoms with Gasteiger partial charge in [0.05, 0.1) is 13.2 Å². The zero-order valence-electron chi connectivity index (χ0n) is 13.0. The second-order valence-electron chi connectivity index (χ2n) is 5.15. The van der Waals surface area contributed by atoms with Crippen molar-refractivity contribution in [3.8, 4) is 29.9 Å². The molecule has 1 aromatic carbocycles. The minimum Gasteiger partial charge on any atom is -0.497 e. The fourth-order valence-electron chi connectivity index (χ4n) is 2.30. The van der Waals surface area contributed by atoms with Crippen LogP contribution >= 0.6 is 0 Å². The molecule has 1 saturated heterocycles. The Balaban J connectivity index is 1.91. The number of hydrogen-bond donors (Lipinski definition) is 0. The fraction of sp³-hybridized carbons (Fsp3) is 0.389. The van der Waals surface area contributed by atoms with Crippen molar-refractivity contribution in [2.45, 2.75) is 13.0 Å². The summed E-state index contributed by atoms with van der Waals surface area (Å²) in [6.45, 7) is 4.92. The van der Waals surface area contributed by atoms with Gasteiger partial charge < -0.3 is 9.64 Å². The summed E-state index contributed by atoms with van der Waals surface area (Å²) in [6.07, 6.45) is 5.43. The van der Waals surface area contributed by atoms with Crippen LogP contribution in [0, 0.1) is 24.2 Å². The maximum absolute atomic E-state index is 12.1. The molecule has 2 rings (SSSR count). The zero-order chi connectivity index (χ0) is 15.9. The second-order valence-corrected chi connectivity index (χ2v) is 5.15. The van der Waals surface area contributed by atoms with E-state index in [1.165, 1.54) is 0 Å². The van der Waals surface area contributed by atoms with Crippen LogP contribution in [0.1, 0.15) is 12.5 Å². The molecule has 114 valence electrons. The van der Waals surface area contributed by atoms with Crippen LogP contribution in [0.15, 0.2) is 24.3 Å². The lowest BCUT2D eigenvalue weighted by molar-refractivity contribution is -0.126. The van der Waals surface area contributed by atoms with Crippen LogP contribution in [-0.4, -0.2) is 55.0 Å². The number of carbonyl (C=O) groups is 1. The number of piperazine rings is 1. The second kappa shape index (κ2) is 7.54. The molecule has 0 spiro atoms. The molecule has 1 aromatic rings. The van der Waals surface area contributed by atoms with Crippen LogP contribution < -0.4 is 4.74 Å². The molecule has 0 N–H and O–H groups in total. The quantitative estimate of drug-likeness (QED) is 0.769. The molecule has 0 saturated carbocycles. The molecule has 4 heteroatoms. The van der Waals surface area contributed by atoms with E-state index in [9.17, 15) is 4.79 Å². The molecule has 0 bridgehead atoms. The van der Waals surface area contributed by atoms with E-state index in [2.05, 4.69) is 22.7 Å². The Morgan fingerprint density at radius 2 is 1.86 bits per heavy atom. The summed E-state index contributed by atoms with van der Waals surface area (Å²) in [7, 11) is 1.62. The van der Waals surface area contributed by atoms with E-state index in [1.807, 2.05) is 31.2 Å². The number of methoxy groups -OCH3 is 1. The molecular weight excluding hydrogens is 276 g/mol. The van der Waals surface area contributed by atoms with E-state index < -0.39 is 0 Å². The smallest absolute Gasteiger partial charge is 0.298 e. The van der Waals surface area contributed by atoms with Crippen molar-refractivity contribution in [3.05, 3.63) is 29.8 Å². The molecule has 22 heavy (non-hydrogen) atoms. The normalized spacial score (nSPS) is 16.1. The van der Waals surface area contributed by atoms with Crippen molar-refractivity contribution in [1.82, 2.24) is 9.80 Å². The fourth-order valence-corrected chi connectivity index (χ4v) is 2.30. The molecule has 0 aromatic heterocycles. The van der Waals surface area contributed by atoms with Crippen LogP contribution in [0.4, 0.5) is 0 Å². The lowest BCUT2D eigenvalue weighted by Crippen LogP contribution is -2.50. The Kier molecular flexibility index (Phi) is 5.47. The minimum atomic E-state index is -0.135. The molecule has 1 aliphatic heterocycles. The Bertz CT molecular complexity index is 611. The molecule has 1 unspecified atom stereocenters. The van der Waals surface area contributed by atoms with Gasteiger partial charge in [0.2, 0.25) is 0 Å². The Morgan fingerprint density at radius 1 is 1.23 bits per heavy atom. The summed E-state index contributed by atoms with van der Waals surface area (Å²) in [5, 5.41) is 0. The van der Waals surface area contributed by atoms with Gasteiger partial charge in [-0.15, -0.1) is 6.42 Å². The molecular formula is C18H20N2O2. The van der Waals surface area contributed by atoms with Gasteiger partial charge in [-0.25, -0.2) is 0 Å². The predicted octanol–water partition coefficient (Wildman–Crippen LogP) is 1.21. The van der Waals surface area contributed by atoms with Crippen LogP contribution in [0.5, 0.6) is 5.75 Å². The third-order valence-corrected chi connectivity index (χ3v) is 3.79. The first kappa shape index (κ1) is 15.9. The van der Waals surface area contributed by atoms with Gasteiger partial charge in [0.25, 0.3) is 5.91 Å². The average Bonchev–Trinajstić information content (AvgIpc) is 2.59. The van der Waals surface area contributed by atoms with Gasteiger partial charge >= 0.3 is 0 Å². The Morgan fingerprint density at radius 3 is 2.41 bits per heavy atom. The first-order valence-corrected chi connectivity index (χ1v) is 7.29. The minimum absolute atomic E-state index is 0.114. The van der Waals surface area contributed by atoms with Crippen LogP contribution in [-0.2, 0) is 4.79 Å². The number of hydrogen-bond acceptors (Lipinski definition) is 3. The Labute approximate surface area is 132 Å². The highest BCUT2D eigenvalue weighted by atomic mass is 16.5. The zero-order valence-corrected chi connectivity index (χ0v) is 13.0. The summed E-state index contributed by atoms with van der Waals surface area (Å²) in [5.41, 5.74) is 0.800. The summed E-state index contributed by atoms with van der Waals surface area (Å²) in [4.78, 5) is 16.1. The molecule has 0 aliphatic carbocycles. The number of rotatable bonds is 2. The van der Waals surface area contributed by atoms with Gasteiger partial charge in [-0.05, 0) is 31.2 Å². The van der Waals surface area contributed by atoms with Gasteiger partial charge in [-0.3, -0.25) is 9.69 Å². The summed E-state index contributed by atoms with van der Waals surface area (Å²) < 4.78 is 5.09. The summed E-state index contributed by atoms with van der Waals surface area (Å²) >= 11 is 0. The molecule has 1 atom stereocenters. The lowest BCUT2D eigenvalue weighted by Gasteiger charge is -2.35. The van der Waals surface area contributed by atoms with Crippen molar-refractivity contribution < 1.29 is 9.53 Å². The van der Waals surface area contributed by atoms with E-state index in [1.54, 1.807) is 12.0 Å². The molecule has 1 amide bonds.